The van der Waals surface area contributed by atoms with E-state index in [1.807, 2.05) is 13.8 Å². The molecule has 0 amide bonds. The van der Waals surface area contributed by atoms with Crippen molar-refractivity contribution in [2.75, 3.05) is 13.1 Å². The fourth-order valence-corrected chi connectivity index (χ4v) is 4.09. The van der Waals surface area contributed by atoms with E-state index in [0.717, 1.165) is 32.4 Å². The minimum Gasteiger partial charge on any atom is -0.343 e. The molecule has 0 aromatic carbocycles. The number of ketones is 1. The molecule has 94 valence electrons. The van der Waals surface area contributed by atoms with E-state index in [1.54, 1.807) is 0 Å². The normalized spacial score (nSPS) is 46.0. The molecule has 4 aliphatic rings. The smallest absolute Gasteiger partial charge is 0.163 e. The fraction of sp³-hybridized carbons (Fsp3) is 0.923. The van der Waals surface area contributed by atoms with Crippen LogP contribution in [0.1, 0.15) is 33.1 Å². The van der Waals surface area contributed by atoms with Crippen molar-refractivity contribution in [1.29, 1.82) is 0 Å². The molecule has 0 aromatic heterocycles. The molecule has 4 nitrogen and oxygen atoms in total. The zero-order chi connectivity index (χ0) is 11.8. The van der Waals surface area contributed by atoms with Gasteiger partial charge in [0.05, 0.1) is 6.04 Å². The van der Waals surface area contributed by atoms with Crippen LogP contribution < -0.4 is 0 Å². The zero-order valence-corrected chi connectivity index (χ0v) is 10.4. The van der Waals surface area contributed by atoms with Gasteiger partial charge >= 0.3 is 0 Å². The van der Waals surface area contributed by atoms with Crippen molar-refractivity contribution >= 4 is 5.78 Å². The molecule has 3 heterocycles. The lowest BCUT2D eigenvalue weighted by Gasteiger charge is -2.38. The molecule has 0 unspecified atom stereocenters. The number of hydrogen-bond donors (Lipinski definition) is 0. The van der Waals surface area contributed by atoms with Crippen LogP contribution >= 0.6 is 0 Å². The predicted octanol–water partition coefficient (Wildman–Crippen LogP) is 0.944. The van der Waals surface area contributed by atoms with E-state index in [9.17, 15) is 4.79 Å². The lowest BCUT2D eigenvalue weighted by Crippen LogP contribution is -2.52. The van der Waals surface area contributed by atoms with Crippen molar-refractivity contribution in [2.45, 2.75) is 57.1 Å². The second-order valence-electron chi connectivity index (χ2n) is 6.41. The molecule has 0 aromatic rings. The first kappa shape index (κ1) is 10.5. The van der Waals surface area contributed by atoms with Crippen LogP contribution in [0.3, 0.4) is 0 Å². The molecule has 4 heteroatoms. The van der Waals surface area contributed by atoms with Gasteiger partial charge in [0.1, 0.15) is 18.0 Å². The van der Waals surface area contributed by atoms with E-state index in [0.29, 0.717) is 5.78 Å². The van der Waals surface area contributed by atoms with E-state index in [2.05, 4.69) is 4.90 Å². The van der Waals surface area contributed by atoms with Crippen molar-refractivity contribution in [3.8, 4) is 0 Å². The minimum absolute atomic E-state index is 0.0680. The summed E-state index contributed by atoms with van der Waals surface area (Å²) in [6, 6.07) is 0.288. The van der Waals surface area contributed by atoms with E-state index in [1.165, 1.54) is 0 Å². The third-order valence-electron chi connectivity index (χ3n) is 4.88. The number of piperidine rings is 1. The molecule has 3 aliphatic heterocycles. The lowest BCUT2D eigenvalue weighted by molar-refractivity contribution is -0.170. The number of carbonyl (C=O) groups excluding carboxylic acids is 1. The highest BCUT2D eigenvalue weighted by atomic mass is 16.8. The van der Waals surface area contributed by atoms with Crippen LogP contribution in [0.5, 0.6) is 0 Å². The highest BCUT2D eigenvalue weighted by Gasteiger charge is 2.67. The van der Waals surface area contributed by atoms with Gasteiger partial charge in [0.15, 0.2) is 5.79 Å². The summed E-state index contributed by atoms with van der Waals surface area (Å²) in [4.78, 5) is 14.6. The van der Waals surface area contributed by atoms with Gasteiger partial charge in [0.2, 0.25) is 0 Å². The van der Waals surface area contributed by atoms with Gasteiger partial charge in [-0.1, -0.05) is 0 Å². The predicted molar refractivity (Wildman–Crippen MR) is 60.5 cm³/mol. The van der Waals surface area contributed by atoms with E-state index >= 15 is 0 Å². The van der Waals surface area contributed by atoms with Gasteiger partial charge in [0.25, 0.3) is 0 Å². The van der Waals surface area contributed by atoms with Crippen molar-refractivity contribution < 1.29 is 14.3 Å². The van der Waals surface area contributed by atoms with Gasteiger partial charge in [-0.2, -0.15) is 0 Å². The molecule has 0 N–H and O–H groups in total. The summed E-state index contributed by atoms with van der Waals surface area (Å²) < 4.78 is 12.0. The lowest BCUT2D eigenvalue weighted by atomic mass is 9.83. The van der Waals surface area contributed by atoms with Crippen molar-refractivity contribution in [1.82, 2.24) is 4.90 Å². The van der Waals surface area contributed by atoms with Gasteiger partial charge in [0, 0.05) is 24.9 Å². The summed E-state index contributed by atoms with van der Waals surface area (Å²) in [7, 11) is 0. The SMILES string of the molecule is CC1(C)O[C@@H]2[C@@H](CN3CCC(=O)C4(CC4)[C@@H]23)O1. The molecule has 0 bridgehead atoms. The van der Waals surface area contributed by atoms with E-state index < -0.39 is 5.79 Å². The molecule has 4 rings (SSSR count). The van der Waals surface area contributed by atoms with Gasteiger partial charge in [-0.3, -0.25) is 9.69 Å². The number of carbonyl (C=O) groups is 1. The maximum atomic E-state index is 12.1. The summed E-state index contributed by atoms with van der Waals surface area (Å²) in [5, 5.41) is 0. The molecule has 3 saturated heterocycles. The first-order valence-electron chi connectivity index (χ1n) is 6.65. The number of ether oxygens (including phenoxy) is 2. The molecular weight excluding hydrogens is 218 g/mol. The highest BCUT2D eigenvalue weighted by Crippen LogP contribution is 2.58. The average Bonchev–Trinajstić information content (AvgIpc) is 2.86. The fourth-order valence-electron chi connectivity index (χ4n) is 4.09. The topological polar surface area (TPSA) is 38.8 Å². The van der Waals surface area contributed by atoms with Crippen LogP contribution in [0.2, 0.25) is 0 Å². The highest BCUT2D eigenvalue weighted by molar-refractivity contribution is 5.89. The van der Waals surface area contributed by atoms with Crippen LogP contribution in [0, 0.1) is 5.41 Å². The van der Waals surface area contributed by atoms with Crippen LogP contribution in [-0.2, 0) is 14.3 Å². The van der Waals surface area contributed by atoms with E-state index in [-0.39, 0.29) is 23.7 Å². The Hall–Kier alpha value is -0.450. The number of Topliss-reactive ketones (excluding diaryl/α,β-unsaturated/α-hetero) is 1. The second-order valence-corrected chi connectivity index (χ2v) is 6.41. The summed E-state index contributed by atoms with van der Waals surface area (Å²) in [5.74, 6) is -0.00874. The summed E-state index contributed by atoms with van der Waals surface area (Å²) in [6.07, 6.45) is 3.11. The Morgan fingerprint density at radius 2 is 2.06 bits per heavy atom. The van der Waals surface area contributed by atoms with Crippen molar-refractivity contribution in [2.24, 2.45) is 5.41 Å². The van der Waals surface area contributed by atoms with Gasteiger partial charge in [-0.25, -0.2) is 0 Å². The quantitative estimate of drug-likeness (QED) is 0.628. The molecule has 1 saturated carbocycles. The van der Waals surface area contributed by atoms with E-state index in [4.69, 9.17) is 9.47 Å². The number of nitrogens with zero attached hydrogens (tertiary/aromatic N) is 1. The molecular formula is C13H19NO3. The third kappa shape index (κ3) is 1.26. The van der Waals surface area contributed by atoms with Crippen LogP contribution in [0.4, 0.5) is 0 Å². The summed E-state index contributed by atoms with van der Waals surface area (Å²) in [6.45, 7) is 5.78. The first-order chi connectivity index (χ1) is 8.02. The summed E-state index contributed by atoms with van der Waals surface area (Å²) in [5.41, 5.74) is -0.0680. The van der Waals surface area contributed by atoms with Gasteiger partial charge < -0.3 is 9.47 Å². The maximum Gasteiger partial charge on any atom is 0.163 e. The third-order valence-corrected chi connectivity index (χ3v) is 4.88. The minimum atomic E-state index is -0.474. The molecule has 17 heavy (non-hydrogen) atoms. The van der Waals surface area contributed by atoms with Gasteiger partial charge in [-0.15, -0.1) is 0 Å². The Morgan fingerprint density at radius 1 is 1.29 bits per heavy atom. The van der Waals surface area contributed by atoms with Crippen LogP contribution in [-0.4, -0.2) is 47.8 Å². The molecule has 4 fully saturated rings. The number of fused-ring (bicyclic) bond motifs is 4. The standard InChI is InChI=1S/C13H19NO3/c1-12(2)16-8-7-14-6-3-9(15)13(4-5-13)11(14)10(8)17-12/h8,10-11H,3-7H2,1-2H3/t8-,10-,11-/m1/s1. The Balaban J connectivity index is 1.68. The first-order valence-corrected chi connectivity index (χ1v) is 6.65. The van der Waals surface area contributed by atoms with Gasteiger partial charge in [-0.05, 0) is 26.7 Å². The summed E-state index contributed by atoms with van der Waals surface area (Å²) >= 11 is 0. The number of rotatable bonds is 0. The number of hydrogen-bond acceptors (Lipinski definition) is 4. The molecule has 0 radical (unpaired) electrons. The Morgan fingerprint density at radius 3 is 2.76 bits per heavy atom. The van der Waals surface area contributed by atoms with Crippen molar-refractivity contribution in [3.05, 3.63) is 0 Å². The van der Waals surface area contributed by atoms with Crippen LogP contribution in [0.25, 0.3) is 0 Å². The Bertz CT molecular complexity index is 388. The van der Waals surface area contributed by atoms with Crippen LogP contribution in [0.15, 0.2) is 0 Å². The molecule has 1 aliphatic carbocycles. The van der Waals surface area contributed by atoms with Crippen molar-refractivity contribution in [3.63, 3.8) is 0 Å². The Labute approximate surface area is 101 Å². The largest absolute Gasteiger partial charge is 0.343 e. The molecule has 1 spiro atoms. The average molecular weight is 237 g/mol. The second kappa shape index (κ2) is 2.92. The monoisotopic (exact) mass is 237 g/mol. The zero-order valence-electron chi connectivity index (χ0n) is 10.4. The maximum absolute atomic E-state index is 12.1. The Kier molecular flexibility index (Phi) is 1.80. The molecule has 3 atom stereocenters.